The van der Waals surface area contributed by atoms with Crippen LogP contribution in [0.15, 0.2) is 89.3 Å². The van der Waals surface area contributed by atoms with Crippen molar-refractivity contribution in [2.24, 2.45) is 0 Å². The van der Waals surface area contributed by atoms with E-state index in [4.69, 9.17) is 4.42 Å². The summed E-state index contributed by atoms with van der Waals surface area (Å²) in [5.74, 6) is 1.19. The standard InChI is InChI=1S/C64H75BN2O/c1-38-33-49-53-50(34-38)67-48-37-45-44(60(7,8)26-27-61(45,9)10)36-46(48)64(15)31-30-59(5,6)43-23-21-40(54(67)51(43)64)25-32-65(53)57-55(52-56(68-57)63(13,14)29-28-62(52,11)12)66(49)47-24-22-41(58(2,3)4)35-42(47)39-19-17-16-18-20-39/h16-24,33-37H,25-32H2,1-15H3. The number of aryl methyl sites for hydroxylation is 2. The minimum atomic E-state index is -0.104. The molecule has 1 aromatic heterocycles. The Morgan fingerprint density at radius 3 is 1.81 bits per heavy atom. The van der Waals surface area contributed by atoms with Gasteiger partial charge in [-0.1, -0.05) is 158 Å². The number of fused-ring (bicyclic) bond motifs is 9. The fourth-order valence-electron chi connectivity index (χ4n) is 14.4. The van der Waals surface area contributed by atoms with E-state index in [-0.39, 0.29) is 44.6 Å². The molecule has 68 heavy (non-hydrogen) atoms. The van der Waals surface area contributed by atoms with E-state index in [1.807, 2.05) is 0 Å². The number of furan rings is 1. The first-order valence-corrected chi connectivity index (χ1v) is 26.3. The molecule has 6 aliphatic rings. The normalized spacial score (nSPS) is 22.7. The summed E-state index contributed by atoms with van der Waals surface area (Å²) in [5, 5.41) is 0. The van der Waals surface area contributed by atoms with E-state index in [2.05, 4.69) is 199 Å². The van der Waals surface area contributed by atoms with Crippen LogP contribution in [-0.4, -0.2) is 6.71 Å². The van der Waals surface area contributed by atoms with Crippen LogP contribution in [-0.2, 0) is 44.3 Å². The molecule has 0 spiro atoms. The number of anilines is 6. The van der Waals surface area contributed by atoms with Gasteiger partial charge >= 0.3 is 0 Å². The third kappa shape index (κ3) is 6.03. The van der Waals surface area contributed by atoms with E-state index >= 15 is 0 Å². The molecular formula is C64H75BN2O. The number of benzene rings is 5. The lowest BCUT2D eigenvalue weighted by Gasteiger charge is -2.54. The van der Waals surface area contributed by atoms with Crippen LogP contribution in [0.2, 0.25) is 6.32 Å². The number of hydrogen-bond acceptors (Lipinski definition) is 3. The van der Waals surface area contributed by atoms with Crippen LogP contribution in [0.5, 0.6) is 0 Å². The highest BCUT2D eigenvalue weighted by Gasteiger charge is 2.54. The molecular weight excluding hydrogens is 824 g/mol. The molecule has 6 aromatic rings. The maximum Gasteiger partial charge on any atom is 0.263 e. The van der Waals surface area contributed by atoms with Gasteiger partial charge in [-0.25, -0.2) is 0 Å². The summed E-state index contributed by atoms with van der Waals surface area (Å²) >= 11 is 0. The molecule has 0 saturated heterocycles. The third-order valence-corrected chi connectivity index (χ3v) is 18.9. The van der Waals surface area contributed by atoms with Gasteiger partial charge in [-0.2, -0.15) is 0 Å². The Hall–Kier alpha value is -4.96. The summed E-state index contributed by atoms with van der Waals surface area (Å²) in [6.45, 7) is 37.0. The molecule has 4 heteroatoms. The van der Waals surface area contributed by atoms with Gasteiger partial charge in [-0.15, -0.1) is 0 Å². The average molecular weight is 899 g/mol. The molecule has 3 aliphatic heterocycles. The molecule has 1 unspecified atom stereocenters. The molecule has 3 aliphatic carbocycles. The van der Waals surface area contributed by atoms with Crippen molar-refractivity contribution in [1.82, 2.24) is 0 Å². The molecule has 1 atom stereocenters. The fraction of sp³-hybridized carbons (Fsp3) is 0.469. The fourth-order valence-corrected chi connectivity index (χ4v) is 14.4. The highest BCUT2D eigenvalue weighted by Crippen LogP contribution is 2.64. The lowest BCUT2D eigenvalue weighted by Crippen LogP contribution is -2.53. The van der Waals surface area contributed by atoms with Gasteiger partial charge in [0.15, 0.2) is 0 Å². The van der Waals surface area contributed by atoms with Crippen molar-refractivity contribution in [1.29, 1.82) is 0 Å². The molecule has 3 nitrogen and oxygen atoms in total. The van der Waals surface area contributed by atoms with Crippen molar-refractivity contribution in [2.75, 3.05) is 9.80 Å². The maximum atomic E-state index is 7.77. The van der Waals surface area contributed by atoms with E-state index < -0.39 is 0 Å². The molecule has 0 fully saturated rings. The van der Waals surface area contributed by atoms with Crippen LogP contribution in [0, 0.1) is 6.92 Å². The Bertz CT molecular complexity index is 3130. The largest absolute Gasteiger partial charge is 0.473 e. The first-order chi connectivity index (χ1) is 31.8. The summed E-state index contributed by atoms with van der Waals surface area (Å²) < 4.78 is 7.77. The van der Waals surface area contributed by atoms with E-state index in [1.54, 1.807) is 11.1 Å². The molecule has 0 bridgehead atoms. The average Bonchev–Trinajstić information content (AvgIpc) is 3.69. The number of rotatable bonds is 2. The number of hydrogen-bond donors (Lipinski definition) is 0. The maximum absolute atomic E-state index is 7.77. The monoisotopic (exact) mass is 899 g/mol. The molecule has 0 amide bonds. The molecule has 5 aromatic carbocycles. The lowest BCUT2D eigenvalue weighted by atomic mass is 9.37. The zero-order valence-electron chi connectivity index (χ0n) is 44.1. The summed E-state index contributed by atoms with van der Waals surface area (Å²) in [6.07, 6.45) is 8.92. The van der Waals surface area contributed by atoms with E-state index in [0.717, 1.165) is 37.7 Å². The van der Waals surface area contributed by atoms with Gasteiger partial charge in [0.2, 0.25) is 0 Å². The van der Waals surface area contributed by atoms with Crippen molar-refractivity contribution in [2.45, 2.75) is 193 Å². The Morgan fingerprint density at radius 1 is 0.529 bits per heavy atom. The smallest absolute Gasteiger partial charge is 0.263 e. The topological polar surface area (TPSA) is 19.6 Å². The van der Waals surface area contributed by atoms with Gasteiger partial charge in [0.25, 0.3) is 6.71 Å². The minimum Gasteiger partial charge on any atom is -0.473 e. The molecule has 350 valence electrons. The van der Waals surface area contributed by atoms with E-state index in [9.17, 15) is 0 Å². The summed E-state index contributed by atoms with van der Waals surface area (Å²) in [7, 11) is 0. The first-order valence-electron chi connectivity index (χ1n) is 26.3. The predicted octanol–water partition coefficient (Wildman–Crippen LogP) is 16.4. The second-order valence-electron chi connectivity index (χ2n) is 27.0. The van der Waals surface area contributed by atoms with Gasteiger partial charge in [0, 0.05) is 33.3 Å². The van der Waals surface area contributed by atoms with Crippen LogP contribution in [0.1, 0.15) is 191 Å². The van der Waals surface area contributed by atoms with Gasteiger partial charge in [0.05, 0.1) is 28.4 Å². The molecule has 0 radical (unpaired) electrons. The Labute approximate surface area is 409 Å². The zero-order valence-corrected chi connectivity index (χ0v) is 44.1. The van der Waals surface area contributed by atoms with Crippen molar-refractivity contribution in [3.8, 4) is 11.1 Å². The van der Waals surface area contributed by atoms with Crippen LogP contribution in [0.25, 0.3) is 11.1 Å². The molecule has 0 N–H and O–H groups in total. The second-order valence-corrected chi connectivity index (χ2v) is 27.0. The van der Waals surface area contributed by atoms with Crippen molar-refractivity contribution >= 4 is 52.0 Å². The minimum absolute atomic E-state index is 0.0140. The third-order valence-electron chi connectivity index (χ3n) is 18.9. The van der Waals surface area contributed by atoms with Gasteiger partial charge < -0.3 is 14.2 Å². The van der Waals surface area contributed by atoms with Crippen molar-refractivity contribution in [3.05, 3.63) is 141 Å². The quantitative estimate of drug-likeness (QED) is 0.161. The van der Waals surface area contributed by atoms with Crippen LogP contribution >= 0.6 is 0 Å². The van der Waals surface area contributed by atoms with E-state index in [1.165, 1.54) is 115 Å². The van der Waals surface area contributed by atoms with Crippen molar-refractivity contribution < 1.29 is 4.42 Å². The Kier molecular flexibility index (Phi) is 9.04. The molecule has 12 rings (SSSR count). The Balaban J connectivity index is 1.23. The van der Waals surface area contributed by atoms with Crippen LogP contribution < -0.4 is 20.9 Å². The van der Waals surface area contributed by atoms with Crippen LogP contribution in [0.4, 0.5) is 34.1 Å². The lowest BCUT2D eigenvalue weighted by molar-refractivity contribution is 0.282. The summed E-state index contributed by atoms with van der Waals surface area (Å²) in [4.78, 5) is 5.56. The van der Waals surface area contributed by atoms with Crippen molar-refractivity contribution in [3.63, 3.8) is 0 Å². The molecule has 0 saturated carbocycles. The SMILES string of the molecule is Cc1cc2c3c(c1)N1c4cc5c(cc4C4(C)CCC(C)(C)c6ccc(c1c64)CCB3c1oc3c(c1N2c1ccc(C(C)(C)C)cc1-c1ccccc1)C(C)(C)CCC3(C)C)C(C)(C)CCC5(C)C. The second kappa shape index (κ2) is 13.9. The highest BCUT2D eigenvalue weighted by molar-refractivity contribution is 6.88. The van der Waals surface area contributed by atoms with E-state index in [0.29, 0.717) is 0 Å². The molecule has 4 heterocycles. The zero-order chi connectivity index (χ0) is 48.0. The highest BCUT2D eigenvalue weighted by atomic mass is 16.3. The van der Waals surface area contributed by atoms with Gasteiger partial charge in [-0.3, -0.25) is 0 Å². The predicted molar refractivity (Wildman–Crippen MR) is 290 cm³/mol. The number of nitrogens with zero attached hydrogens (tertiary/aromatic N) is 2. The van der Waals surface area contributed by atoms with Gasteiger partial charge in [-0.05, 0) is 165 Å². The first kappa shape index (κ1) is 44.3. The summed E-state index contributed by atoms with van der Waals surface area (Å²) in [5.41, 5.74) is 26.3. The summed E-state index contributed by atoms with van der Waals surface area (Å²) in [6, 6.07) is 34.2. The Morgan fingerprint density at radius 2 is 1.13 bits per heavy atom. The van der Waals surface area contributed by atoms with Crippen LogP contribution in [0.3, 0.4) is 0 Å². The van der Waals surface area contributed by atoms with Gasteiger partial charge in [0.1, 0.15) is 5.76 Å².